The van der Waals surface area contributed by atoms with E-state index in [-0.39, 0.29) is 10.6 Å². The van der Waals surface area contributed by atoms with Gasteiger partial charge < -0.3 is 9.13 Å². The number of imidazole rings is 2. The third kappa shape index (κ3) is 3.13. The quantitative estimate of drug-likeness (QED) is 0.282. The topological polar surface area (TPSA) is 78.8 Å². The van der Waals surface area contributed by atoms with E-state index in [9.17, 15) is 10.1 Å². The summed E-state index contributed by atoms with van der Waals surface area (Å²) in [5, 5.41) is 12.1. The van der Waals surface area contributed by atoms with E-state index in [1.165, 1.54) is 0 Å². The number of aromatic nitrogens is 4. The van der Waals surface area contributed by atoms with E-state index in [1.54, 1.807) is 12.7 Å². The molecule has 0 saturated heterocycles. The summed E-state index contributed by atoms with van der Waals surface area (Å²) in [6.07, 6.45) is 3.61. The number of nitro benzene ring substituents is 1. The highest BCUT2D eigenvalue weighted by Crippen LogP contribution is 2.34. The fraction of sp³-hybridized carbons (Fsp3) is 0.200. The lowest BCUT2D eigenvalue weighted by Crippen LogP contribution is -2.12. The van der Waals surface area contributed by atoms with Crippen LogP contribution in [0.4, 0.5) is 5.69 Å². The summed E-state index contributed by atoms with van der Waals surface area (Å²) in [6.45, 7) is 6.81. The molecule has 0 amide bonds. The first-order chi connectivity index (χ1) is 15.5. The van der Waals surface area contributed by atoms with Gasteiger partial charge in [-0.2, -0.15) is 0 Å². The van der Waals surface area contributed by atoms with Crippen molar-refractivity contribution in [1.82, 2.24) is 19.1 Å². The van der Waals surface area contributed by atoms with Crippen molar-refractivity contribution in [2.24, 2.45) is 0 Å². The van der Waals surface area contributed by atoms with Crippen molar-refractivity contribution in [2.45, 2.75) is 33.9 Å². The highest BCUT2D eigenvalue weighted by atomic mass is 16.6. The summed E-state index contributed by atoms with van der Waals surface area (Å²) in [6, 6.07) is 15.9. The average Bonchev–Trinajstić information content (AvgIpc) is 3.38. The first kappa shape index (κ1) is 19.9. The molecule has 0 N–H and O–H groups in total. The van der Waals surface area contributed by atoms with Gasteiger partial charge in [-0.3, -0.25) is 10.1 Å². The van der Waals surface area contributed by atoms with Gasteiger partial charge in [-0.05, 0) is 61.7 Å². The molecule has 0 aliphatic carbocycles. The van der Waals surface area contributed by atoms with Crippen LogP contribution in [0.15, 0.2) is 61.2 Å². The van der Waals surface area contributed by atoms with E-state index >= 15 is 0 Å². The maximum Gasteiger partial charge on any atom is 0.275 e. The van der Waals surface area contributed by atoms with Crippen LogP contribution in [-0.2, 0) is 13.1 Å². The molecule has 0 bridgehead atoms. The second kappa shape index (κ2) is 7.60. The van der Waals surface area contributed by atoms with E-state index in [2.05, 4.69) is 26.0 Å². The van der Waals surface area contributed by atoms with Crippen LogP contribution in [0, 0.1) is 30.9 Å². The van der Waals surface area contributed by atoms with Crippen molar-refractivity contribution < 1.29 is 4.92 Å². The van der Waals surface area contributed by atoms with Crippen LogP contribution in [0.5, 0.6) is 0 Å². The summed E-state index contributed by atoms with van der Waals surface area (Å²) in [4.78, 5) is 20.8. The van der Waals surface area contributed by atoms with Crippen LogP contribution in [0.25, 0.3) is 22.1 Å². The zero-order chi connectivity index (χ0) is 22.4. The largest absolute Gasteiger partial charge is 0.326 e. The lowest BCUT2D eigenvalue weighted by atomic mass is 9.91. The summed E-state index contributed by atoms with van der Waals surface area (Å²) >= 11 is 0. The number of fused-ring (bicyclic) bond motifs is 2. The highest BCUT2D eigenvalue weighted by Gasteiger charge is 2.25. The fourth-order valence-electron chi connectivity index (χ4n) is 4.67. The van der Waals surface area contributed by atoms with Crippen molar-refractivity contribution in [3.63, 3.8) is 0 Å². The standard InChI is InChI=1S/C25H23N5O2/c1-16-19(12-28-14-26-21-8-4-6-10-23(21)28)17(2)25(30(31)32)18(3)20(16)13-29-15-27-22-9-5-7-11-24(22)29/h4-11,14-15H,12-13H2,1-3H3. The van der Waals surface area contributed by atoms with Crippen LogP contribution in [-0.4, -0.2) is 24.0 Å². The van der Waals surface area contributed by atoms with Gasteiger partial charge in [-0.1, -0.05) is 24.3 Å². The molecule has 2 heterocycles. The molecule has 160 valence electrons. The van der Waals surface area contributed by atoms with Crippen molar-refractivity contribution in [1.29, 1.82) is 0 Å². The van der Waals surface area contributed by atoms with E-state index < -0.39 is 0 Å². The zero-order valence-corrected chi connectivity index (χ0v) is 18.2. The molecule has 5 aromatic rings. The number of rotatable bonds is 5. The predicted octanol–water partition coefficient (Wildman–Crippen LogP) is 5.32. The zero-order valence-electron chi connectivity index (χ0n) is 18.2. The maximum atomic E-state index is 12.1. The molecule has 5 rings (SSSR count). The second-order valence-corrected chi connectivity index (χ2v) is 8.16. The SMILES string of the molecule is Cc1c(Cn2cnc3ccccc32)c(C)c([N+](=O)[O-])c(C)c1Cn1cnc2ccccc21. The summed E-state index contributed by atoms with van der Waals surface area (Å²) in [5.74, 6) is 0. The third-order valence-electron chi connectivity index (χ3n) is 6.42. The molecule has 2 aromatic heterocycles. The number of benzene rings is 3. The Hall–Kier alpha value is -4.00. The molecule has 0 radical (unpaired) electrons. The van der Waals surface area contributed by atoms with E-state index in [1.807, 2.05) is 62.4 Å². The molecular formula is C25H23N5O2. The van der Waals surface area contributed by atoms with Crippen molar-refractivity contribution in [2.75, 3.05) is 0 Å². The third-order valence-corrected chi connectivity index (χ3v) is 6.42. The highest BCUT2D eigenvalue weighted by molar-refractivity contribution is 5.76. The summed E-state index contributed by atoms with van der Waals surface area (Å²) in [5.41, 5.74) is 8.45. The molecule has 0 unspecified atom stereocenters. The van der Waals surface area contributed by atoms with Gasteiger partial charge in [0.25, 0.3) is 5.69 Å². The monoisotopic (exact) mass is 425 g/mol. The van der Waals surface area contributed by atoms with Crippen LogP contribution < -0.4 is 0 Å². The van der Waals surface area contributed by atoms with Crippen LogP contribution in [0.3, 0.4) is 0 Å². The Balaban J connectivity index is 1.67. The molecule has 7 nitrogen and oxygen atoms in total. The Kier molecular flexibility index (Phi) is 4.74. The van der Waals surface area contributed by atoms with Gasteiger partial charge in [-0.15, -0.1) is 0 Å². The van der Waals surface area contributed by atoms with Crippen molar-refractivity contribution in [3.8, 4) is 0 Å². The second-order valence-electron chi connectivity index (χ2n) is 8.16. The van der Waals surface area contributed by atoms with Gasteiger partial charge in [0, 0.05) is 24.2 Å². The smallest absolute Gasteiger partial charge is 0.275 e. The minimum atomic E-state index is -0.255. The van der Waals surface area contributed by atoms with Crippen LogP contribution in [0.2, 0.25) is 0 Å². The number of nitrogens with zero attached hydrogens (tertiary/aromatic N) is 5. The molecule has 0 saturated carbocycles. The number of para-hydroxylation sites is 4. The van der Waals surface area contributed by atoms with E-state index in [0.29, 0.717) is 24.2 Å². The molecule has 0 fully saturated rings. The van der Waals surface area contributed by atoms with Gasteiger partial charge in [-0.25, -0.2) is 9.97 Å². The number of nitro groups is 1. The first-order valence-corrected chi connectivity index (χ1v) is 10.5. The molecule has 32 heavy (non-hydrogen) atoms. The van der Waals surface area contributed by atoms with Crippen molar-refractivity contribution >= 4 is 27.8 Å². The molecular weight excluding hydrogens is 402 g/mol. The van der Waals surface area contributed by atoms with Gasteiger partial charge in [0.2, 0.25) is 0 Å². The fourth-order valence-corrected chi connectivity index (χ4v) is 4.67. The predicted molar refractivity (Wildman–Crippen MR) is 125 cm³/mol. The van der Waals surface area contributed by atoms with Gasteiger partial charge >= 0.3 is 0 Å². The molecule has 0 aliphatic heterocycles. The van der Waals surface area contributed by atoms with Gasteiger partial charge in [0.05, 0.1) is 39.6 Å². The minimum absolute atomic E-state index is 0.189. The number of hydrogen-bond donors (Lipinski definition) is 0. The Morgan fingerprint density at radius 2 is 1.19 bits per heavy atom. The molecule has 0 spiro atoms. The van der Waals surface area contributed by atoms with Crippen LogP contribution in [0.1, 0.15) is 27.8 Å². The lowest BCUT2D eigenvalue weighted by Gasteiger charge is -2.19. The minimum Gasteiger partial charge on any atom is -0.326 e. The Labute approximate surface area is 185 Å². The normalized spacial score (nSPS) is 11.5. The molecule has 7 heteroatoms. The van der Waals surface area contributed by atoms with Gasteiger partial charge in [0.15, 0.2) is 0 Å². The molecule has 0 atom stereocenters. The number of hydrogen-bond acceptors (Lipinski definition) is 4. The first-order valence-electron chi connectivity index (χ1n) is 10.5. The maximum absolute atomic E-state index is 12.1. The van der Waals surface area contributed by atoms with Gasteiger partial charge in [0.1, 0.15) is 0 Å². The summed E-state index contributed by atoms with van der Waals surface area (Å²) in [7, 11) is 0. The Morgan fingerprint density at radius 1 is 0.750 bits per heavy atom. The van der Waals surface area contributed by atoms with Crippen LogP contribution >= 0.6 is 0 Å². The van der Waals surface area contributed by atoms with Crippen molar-refractivity contribution in [3.05, 3.63) is 99.1 Å². The Morgan fingerprint density at radius 3 is 1.62 bits per heavy atom. The average molecular weight is 425 g/mol. The molecule has 3 aromatic carbocycles. The summed E-state index contributed by atoms with van der Waals surface area (Å²) < 4.78 is 4.11. The lowest BCUT2D eigenvalue weighted by molar-refractivity contribution is -0.386. The van der Waals surface area contributed by atoms with E-state index in [4.69, 9.17) is 0 Å². The Bertz CT molecular complexity index is 1390. The molecule has 0 aliphatic rings. The van der Waals surface area contributed by atoms with E-state index in [0.717, 1.165) is 38.8 Å².